The van der Waals surface area contributed by atoms with Crippen molar-refractivity contribution in [3.05, 3.63) is 64.1 Å². The predicted octanol–water partition coefficient (Wildman–Crippen LogP) is 5.35. The molecule has 3 heteroatoms. The van der Waals surface area contributed by atoms with Gasteiger partial charge in [-0.15, -0.1) is 0 Å². The van der Waals surface area contributed by atoms with Gasteiger partial charge in [-0.1, -0.05) is 54.0 Å². The van der Waals surface area contributed by atoms with Gasteiger partial charge in [0.1, 0.15) is 5.75 Å². The van der Waals surface area contributed by atoms with Crippen LogP contribution in [0, 0.1) is 0 Å². The molecule has 0 heterocycles. The van der Waals surface area contributed by atoms with Gasteiger partial charge in [0.15, 0.2) is 0 Å². The third-order valence-corrected chi connectivity index (χ3v) is 4.32. The summed E-state index contributed by atoms with van der Waals surface area (Å²) < 4.78 is 1.10. The normalized spacial score (nSPS) is 13.9. The minimum absolute atomic E-state index is 0.291. The summed E-state index contributed by atoms with van der Waals surface area (Å²) in [5.41, 5.74) is 2.52. The Morgan fingerprint density at radius 2 is 1.29 bits per heavy atom. The lowest BCUT2D eigenvalue weighted by molar-refractivity contribution is 0.425. The number of phenols is 1. The highest BCUT2D eigenvalue weighted by Gasteiger charge is 2.16. The lowest BCUT2D eigenvalue weighted by Gasteiger charge is -2.25. The zero-order valence-electron chi connectivity index (χ0n) is 12.5. The smallest absolute Gasteiger partial charge is 0.115 e. The second-order valence-electron chi connectivity index (χ2n) is 5.23. The van der Waals surface area contributed by atoms with Crippen molar-refractivity contribution in [3.63, 3.8) is 0 Å². The molecule has 21 heavy (non-hydrogen) atoms. The van der Waals surface area contributed by atoms with Crippen LogP contribution in [0.1, 0.15) is 49.9 Å². The van der Waals surface area contributed by atoms with Crippen molar-refractivity contribution in [1.82, 2.24) is 5.32 Å². The van der Waals surface area contributed by atoms with Gasteiger partial charge in [0.25, 0.3) is 0 Å². The molecule has 2 aromatic rings. The number of nitrogens with one attached hydrogen (secondary N) is 1. The van der Waals surface area contributed by atoms with Crippen molar-refractivity contribution < 1.29 is 5.11 Å². The van der Waals surface area contributed by atoms with Crippen LogP contribution in [0.5, 0.6) is 5.75 Å². The number of phenolic OH excluding ortho intramolecular Hbond substituents is 1. The van der Waals surface area contributed by atoms with E-state index in [4.69, 9.17) is 0 Å². The van der Waals surface area contributed by atoms with E-state index in [0.717, 1.165) is 17.3 Å². The van der Waals surface area contributed by atoms with Crippen LogP contribution in [-0.2, 0) is 0 Å². The van der Waals surface area contributed by atoms with Gasteiger partial charge in [0.2, 0.25) is 0 Å². The fraction of sp³-hybridized carbons (Fsp3) is 0.333. The van der Waals surface area contributed by atoms with Crippen LogP contribution >= 0.6 is 15.9 Å². The molecule has 0 amide bonds. The Morgan fingerprint density at radius 1 is 0.857 bits per heavy atom. The summed E-state index contributed by atoms with van der Waals surface area (Å²) in [6.45, 7) is 4.38. The molecule has 0 radical (unpaired) electrons. The van der Waals surface area contributed by atoms with Gasteiger partial charge in [-0.25, -0.2) is 0 Å². The van der Waals surface area contributed by atoms with E-state index in [1.54, 1.807) is 12.1 Å². The van der Waals surface area contributed by atoms with Crippen LogP contribution in [0.3, 0.4) is 0 Å². The summed E-state index contributed by atoms with van der Waals surface area (Å²) >= 11 is 3.48. The molecule has 2 nitrogen and oxygen atoms in total. The van der Waals surface area contributed by atoms with Crippen molar-refractivity contribution in [2.24, 2.45) is 0 Å². The SMILES string of the molecule is CCC(NC(CC)c1ccc(Br)cc1)c1ccc(O)cc1. The average Bonchev–Trinajstić information content (AvgIpc) is 2.51. The first-order valence-corrected chi connectivity index (χ1v) is 8.23. The molecule has 0 saturated carbocycles. The molecule has 2 unspecified atom stereocenters. The van der Waals surface area contributed by atoms with Crippen molar-refractivity contribution in [2.45, 2.75) is 38.8 Å². The second kappa shape index (κ2) is 7.62. The van der Waals surface area contributed by atoms with E-state index >= 15 is 0 Å². The molecule has 0 bridgehead atoms. The first kappa shape index (κ1) is 16.1. The molecule has 2 atom stereocenters. The maximum Gasteiger partial charge on any atom is 0.115 e. The minimum atomic E-state index is 0.291. The van der Waals surface area contributed by atoms with Crippen LogP contribution in [0.15, 0.2) is 53.0 Å². The molecular weight excluding hydrogens is 326 g/mol. The quantitative estimate of drug-likeness (QED) is 0.738. The Bertz CT molecular complexity index is 499. The predicted molar refractivity (Wildman–Crippen MR) is 91.4 cm³/mol. The van der Waals surface area contributed by atoms with Gasteiger partial charge in [-0.3, -0.25) is 0 Å². The van der Waals surface area contributed by atoms with Crippen molar-refractivity contribution in [1.29, 1.82) is 0 Å². The number of hydrogen-bond donors (Lipinski definition) is 2. The fourth-order valence-electron chi connectivity index (χ4n) is 2.54. The topological polar surface area (TPSA) is 32.3 Å². The molecule has 2 rings (SSSR count). The van der Waals surface area contributed by atoms with E-state index in [1.807, 2.05) is 12.1 Å². The molecule has 0 aromatic heterocycles. The number of hydrogen-bond acceptors (Lipinski definition) is 2. The molecule has 2 aromatic carbocycles. The van der Waals surface area contributed by atoms with Gasteiger partial charge >= 0.3 is 0 Å². The molecule has 0 aliphatic rings. The first-order valence-electron chi connectivity index (χ1n) is 7.44. The molecule has 0 aliphatic carbocycles. The second-order valence-corrected chi connectivity index (χ2v) is 6.15. The first-order chi connectivity index (χ1) is 10.1. The monoisotopic (exact) mass is 347 g/mol. The van der Waals surface area contributed by atoms with Crippen LogP contribution < -0.4 is 5.32 Å². The summed E-state index contributed by atoms with van der Waals surface area (Å²) in [7, 11) is 0. The van der Waals surface area contributed by atoms with Gasteiger partial charge in [-0.2, -0.15) is 0 Å². The summed E-state index contributed by atoms with van der Waals surface area (Å²) in [5, 5.41) is 13.1. The maximum atomic E-state index is 9.42. The Hall–Kier alpha value is -1.32. The number of aromatic hydroxyl groups is 1. The standard InChI is InChI=1S/C18H22BrNO/c1-3-17(13-5-9-15(19)10-6-13)20-18(4-2)14-7-11-16(21)12-8-14/h5-12,17-18,20-21H,3-4H2,1-2H3. The molecule has 0 aliphatic heterocycles. The van der Waals surface area contributed by atoms with Gasteiger partial charge < -0.3 is 10.4 Å². The third-order valence-electron chi connectivity index (χ3n) is 3.79. The highest BCUT2D eigenvalue weighted by molar-refractivity contribution is 9.10. The van der Waals surface area contributed by atoms with Crippen molar-refractivity contribution >= 4 is 15.9 Å². The fourth-order valence-corrected chi connectivity index (χ4v) is 2.81. The molecule has 112 valence electrons. The lowest BCUT2D eigenvalue weighted by atomic mass is 9.99. The molecular formula is C18H22BrNO. The molecule has 2 N–H and O–H groups in total. The van der Waals surface area contributed by atoms with E-state index in [1.165, 1.54) is 11.1 Å². The van der Waals surface area contributed by atoms with Crippen molar-refractivity contribution in [2.75, 3.05) is 0 Å². The zero-order valence-corrected chi connectivity index (χ0v) is 14.1. The van der Waals surface area contributed by atoms with Gasteiger partial charge in [0, 0.05) is 16.6 Å². The Morgan fingerprint density at radius 3 is 1.71 bits per heavy atom. The number of rotatable bonds is 6. The Kier molecular flexibility index (Phi) is 5.83. The van der Waals surface area contributed by atoms with E-state index < -0.39 is 0 Å². The van der Waals surface area contributed by atoms with E-state index in [-0.39, 0.29) is 0 Å². The average molecular weight is 348 g/mol. The van der Waals surface area contributed by atoms with Crippen LogP contribution in [-0.4, -0.2) is 5.11 Å². The summed E-state index contributed by atoms with van der Waals surface area (Å²) in [6.07, 6.45) is 2.05. The molecule has 0 saturated heterocycles. The lowest BCUT2D eigenvalue weighted by Crippen LogP contribution is -2.25. The van der Waals surface area contributed by atoms with E-state index in [2.05, 4.69) is 59.4 Å². The maximum absolute atomic E-state index is 9.42. The number of halogens is 1. The zero-order chi connectivity index (χ0) is 15.2. The summed E-state index contributed by atoms with van der Waals surface area (Å²) in [6, 6.07) is 16.6. The minimum Gasteiger partial charge on any atom is -0.508 e. The Labute approximate surface area is 135 Å². The highest BCUT2D eigenvalue weighted by atomic mass is 79.9. The Balaban J connectivity index is 2.15. The van der Waals surface area contributed by atoms with Gasteiger partial charge in [-0.05, 0) is 48.2 Å². The summed E-state index contributed by atoms with van der Waals surface area (Å²) in [5.74, 6) is 0.313. The summed E-state index contributed by atoms with van der Waals surface area (Å²) in [4.78, 5) is 0. The van der Waals surface area contributed by atoms with E-state index in [0.29, 0.717) is 17.8 Å². The van der Waals surface area contributed by atoms with E-state index in [9.17, 15) is 5.11 Å². The molecule has 0 fully saturated rings. The van der Waals surface area contributed by atoms with Crippen molar-refractivity contribution in [3.8, 4) is 5.75 Å². The third kappa shape index (κ3) is 4.32. The van der Waals surface area contributed by atoms with Crippen LogP contribution in [0.4, 0.5) is 0 Å². The van der Waals surface area contributed by atoms with Crippen LogP contribution in [0.25, 0.3) is 0 Å². The molecule has 0 spiro atoms. The van der Waals surface area contributed by atoms with Gasteiger partial charge in [0.05, 0.1) is 0 Å². The van der Waals surface area contributed by atoms with Crippen LogP contribution in [0.2, 0.25) is 0 Å². The highest BCUT2D eigenvalue weighted by Crippen LogP contribution is 2.26. The number of benzene rings is 2. The largest absolute Gasteiger partial charge is 0.508 e.